The van der Waals surface area contributed by atoms with Crippen LogP contribution in [-0.4, -0.2) is 21.9 Å². The van der Waals surface area contributed by atoms with Gasteiger partial charge in [-0.2, -0.15) is 0 Å². The number of aromatic nitrogens is 2. The van der Waals surface area contributed by atoms with E-state index in [1.165, 1.54) is 24.3 Å². The lowest BCUT2D eigenvalue weighted by molar-refractivity contribution is -0.149. The lowest BCUT2D eigenvalue weighted by Gasteiger charge is -2.09. The Morgan fingerprint density at radius 1 is 1.04 bits per heavy atom. The fourth-order valence-corrected chi connectivity index (χ4v) is 2.40. The Balaban J connectivity index is 1.52. The van der Waals surface area contributed by atoms with E-state index >= 15 is 0 Å². The summed E-state index contributed by atoms with van der Waals surface area (Å²) in [5, 5.41) is 7.84. The molecule has 0 fully saturated rings. The van der Waals surface area contributed by atoms with Gasteiger partial charge < -0.3 is 9.15 Å². The SMILES string of the molecule is C[C@@H](OC(=O)CCC(=O)c1ccc(F)cc1)c1nnc(-c2ccccc2)o1. The van der Waals surface area contributed by atoms with E-state index in [1.807, 2.05) is 30.3 Å². The first-order valence-corrected chi connectivity index (χ1v) is 8.40. The number of benzene rings is 2. The second-order valence-electron chi connectivity index (χ2n) is 5.87. The van der Waals surface area contributed by atoms with Gasteiger partial charge >= 0.3 is 5.97 Å². The van der Waals surface area contributed by atoms with Crippen LogP contribution in [0.4, 0.5) is 4.39 Å². The minimum atomic E-state index is -0.733. The Morgan fingerprint density at radius 3 is 2.44 bits per heavy atom. The average Bonchev–Trinajstić information content (AvgIpc) is 3.18. The van der Waals surface area contributed by atoms with E-state index in [4.69, 9.17) is 9.15 Å². The Hall–Kier alpha value is -3.35. The van der Waals surface area contributed by atoms with Crippen molar-refractivity contribution in [2.24, 2.45) is 0 Å². The second-order valence-corrected chi connectivity index (χ2v) is 5.87. The number of nitrogens with zero attached hydrogens (tertiary/aromatic N) is 2. The summed E-state index contributed by atoms with van der Waals surface area (Å²) in [6, 6.07) is 14.4. The highest BCUT2D eigenvalue weighted by atomic mass is 19.1. The molecule has 1 heterocycles. The predicted molar refractivity (Wildman–Crippen MR) is 94.2 cm³/mol. The van der Waals surface area contributed by atoms with Crippen LogP contribution in [0.1, 0.15) is 42.1 Å². The van der Waals surface area contributed by atoms with Crippen molar-refractivity contribution < 1.29 is 23.1 Å². The minimum Gasteiger partial charge on any atom is -0.453 e. The highest BCUT2D eigenvalue weighted by Gasteiger charge is 2.19. The summed E-state index contributed by atoms with van der Waals surface area (Å²) in [4.78, 5) is 24.0. The zero-order chi connectivity index (χ0) is 19.2. The molecule has 0 N–H and O–H groups in total. The summed E-state index contributed by atoms with van der Waals surface area (Å²) in [7, 11) is 0. The van der Waals surface area contributed by atoms with Gasteiger partial charge in [-0.1, -0.05) is 18.2 Å². The number of hydrogen-bond acceptors (Lipinski definition) is 6. The Labute approximate surface area is 155 Å². The third-order valence-corrected chi connectivity index (χ3v) is 3.84. The van der Waals surface area contributed by atoms with Crippen molar-refractivity contribution in [3.8, 4) is 11.5 Å². The first-order valence-electron chi connectivity index (χ1n) is 8.40. The lowest BCUT2D eigenvalue weighted by Crippen LogP contribution is -2.11. The molecule has 0 unspecified atom stereocenters. The number of rotatable bonds is 7. The minimum absolute atomic E-state index is 0.0315. The number of Topliss-reactive ketones (excluding diaryl/α,β-unsaturated/α-hetero) is 1. The molecule has 1 aromatic heterocycles. The molecule has 6 nitrogen and oxygen atoms in total. The van der Waals surface area contributed by atoms with Gasteiger partial charge in [0.2, 0.25) is 5.89 Å². The van der Waals surface area contributed by atoms with E-state index in [-0.39, 0.29) is 24.5 Å². The maximum atomic E-state index is 12.9. The van der Waals surface area contributed by atoms with Gasteiger partial charge in [0.1, 0.15) is 5.82 Å². The quantitative estimate of drug-likeness (QED) is 0.460. The van der Waals surface area contributed by atoms with E-state index in [9.17, 15) is 14.0 Å². The van der Waals surface area contributed by atoms with Crippen molar-refractivity contribution in [2.75, 3.05) is 0 Å². The number of ether oxygens (including phenoxy) is 1. The Morgan fingerprint density at radius 2 is 1.74 bits per heavy atom. The third-order valence-electron chi connectivity index (χ3n) is 3.84. The molecule has 0 aliphatic heterocycles. The number of esters is 1. The molecule has 27 heavy (non-hydrogen) atoms. The smallest absolute Gasteiger partial charge is 0.307 e. The van der Waals surface area contributed by atoms with Gasteiger partial charge in [0.15, 0.2) is 11.9 Å². The monoisotopic (exact) mass is 368 g/mol. The number of ketones is 1. The molecule has 0 saturated heterocycles. The van der Waals surface area contributed by atoms with Crippen LogP contribution in [0.15, 0.2) is 59.0 Å². The number of halogens is 1. The standard InChI is InChI=1S/C20H17FN2O4/c1-13(19-22-23-20(27-19)15-5-3-2-4-6-15)26-18(25)12-11-17(24)14-7-9-16(21)10-8-14/h2-10,13H,11-12H2,1H3/t13-/m1/s1. The van der Waals surface area contributed by atoms with Crippen LogP contribution < -0.4 is 0 Å². The van der Waals surface area contributed by atoms with Crippen molar-refractivity contribution in [3.05, 3.63) is 71.9 Å². The zero-order valence-electron chi connectivity index (χ0n) is 14.6. The van der Waals surface area contributed by atoms with Crippen LogP contribution in [0.25, 0.3) is 11.5 Å². The summed E-state index contributed by atoms with van der Waals surface area (Å²) in [6.45, 7) is 1.61. The Bertz CT molecular complexity index is 923. The van der Waals surface area contributed by atoms with Gasteiger partial charge in [-0.05, 0) is 43.3 Å². The first-order chi connectivity index (χ1) is 13.0. The van der Waals surface area contributed by atoms with Gasteiger partial charge in [-0.25, -0.2) is 4.39 Å². The van der Waals surface area contributed by atoms with E-state index in [1.54, 1.807) is 6.92 Å². The number of carbonyl (C=O) groups excluding carboxylic acids is 2. The number of carbonyl (C=O) groups is 2. The van der Waals surface area contributed by atoms with Crippen molar-refractivity contribution >= 4 is 11.8 Å². The predicted octanol–water partition coefficient (Wildman–Crippen LogP) is 4.14. The third kappa shape index (κ3) is 4.84. The average molecular weight is 368 g/mol. The van der Waals surface area contributed by atoms with Crippen LogP contribution >= 0.6 is 0 Å². The van der Waals surface area contributed by atoms with Gasteiger partial charge in [0.25, 0.3) is 5.89 Å². The highest BCUT2D eigenvalue weighted by molar-refractivity contribution is 5.97. The van der Waals surface area contributed by atoms with Crippen LogP contribution in [-0.2, 0) is 9.53 Å². The van der Waals surface area contributed by atoms with Gasteiger partial charge in [0.05, 0.1) is 6.42 Å². The molecule has 138 valence electrons. The van der Waals surface area contributed by atoms with Crippen LogP contribution in [0.2, 0.25) is 0 Å². The molecule has 2 aromatic carbocycles. The summed E-state index contributed by atoms with van der Waals surface area (Å²) < 4.78 is 23.7. The molecule has 0 bridgehead atoms. The molecule has 0 saturated carbocycles. The summed E-state index contributed by atoms with van der Waals surface area (Å²) in [6.07, 6.45) is -0.861. The maximum absolute atomic E-state index is 12.9. The zero-order valence-corrected chi connectivity index (χ0v) is 14.6. The molecule has 0 aliphatic rings. The van der Waals surface area contributed by atoms with Gasteiger partial charge in [-0.3, -0.25) is 9.59 Å². The normalized spacial score (nSPS) is 11.8. The molecule has 1 atom stereocenters. The van der Waals surface area contributed by atoms with Crippen molar-refractivity contribution in [3.63, 3.8) is 0 Å². The maximum Gasteiger partial charge on any atom is 0.307 e. The van der Waals surface area contributed by atoms with Gasteiger partial charge in [0, 0.05) is 17.5 Å². The molecule has 0 spiro atoms. The topological polar surface area (TPSA) is 82.3 Å². The van der Waals surface area contributed by atoms with Crippen molar-refractivity contribution in [2.45, 2.75) is 25.9 Å². The molecular formula is C20H17FN2O4. The fourth-order valence-electron chi connectivity index (χ4n) is 2.40. The van der Waals surface area contributed by atoms with Gasteiger partial charge in [-0.15, -0.1) is 10.2 Å². The van der Waals surface area contributed by atoms with Crippen LogP contribution in [0, 0.1) is 5.82 Å². The summed E-state index contributed by atoms with van der Waals surface area (Å²) >= 11 is 0. The molecule has 3 aromatic rings. The first kappa shape index (κ1) is 18.4. The molecular weight excluding hydrogens is 351 g/mol. The Kier molecular flexibility index (Phi) is 5.71. The molecule has 3 rings (SSSR count). The molecule has 0 amide bonds. The second kappa shape index (κ2) is 8.35. The van der Waals surface area contributed by atoms with E-state index in [0.717, 1.165) is 5.56 Å². The highest BCUT2D eigenvalue weighted by Crippen LogP contribution is 2.22. The number of hydrogen-bond donors (Lipinski definition) is 0. The van der Waals surface area contributed by atoms with E-state index in [2.05, 4.69) is 10.2 Å². The molecule has 0 aliphatic carbocycles. The van der Waals surface area contributed by atoms with Crippen LogP contribution in [0.5, 0.6) is 0 Å². The van der Waals surface area contributed by atoms with E-state index in [0.29, 0.717) is 11.5 Å². The van der Waals surface area contributed by atoms with Crippen molar-refractivity contribution in [1.29, 1.82) is 0 Å². The van der Waals surface area contributed by atoms with Crippen molar-refractivity contribution in [1.82, 2.24) is 10.2 Å². The fraction of sp³-hybridized carbons (Fsp3) is 0.200. The lowest BCUT2D eigenvalue weighted by atomic mass is 10.1. The molecule has 7 heteroatoms. The summed E-state index contributed by atoms with van der Waals surface area (Å²) in [5.74, 6) is -0.734. The van der Waals surface area contributed by atoms with Crippen LogP contribution in [0.3, 0.4) is 0 Å². The largest absolute Gasteiger partial charge is 0.453 e. The van der Waals surface area contributed by atoms with E-state index < -0.39 is 17.9 Å². The summed E-state index contributed by atoms with van der Waals surface area (Å²) in [5.41, 5.74) is 1.11. The molecule has 0 radical (unpaired) electrons.